The van der Waals surface area contributed by atoms with Crippen LogP contribution in [-0.2, 0) is 9.98 Å². The van der Waals surface area contributed by atoms with Crippen molar-refractivity contribution in [2.75, 3.05) is 13.3 Å². The molecule has 1 aromatic heterocycles. The van der Waals surface area contributed by atoms with E-state index in [0.29, 0.717) is 29.3 Å². The topological polar surface area (TPSA) is 55.7 Å². The highest BCUT2D eigenvalue weighted by molar-refractivity contribution is 7.71. The minimum atomic E-state index is -2.59. The summed E-state index contributed by atoms with van der Waals surface area (Å²) in [6.07, 6.45) is 4.95. The van der Waals surface area contributed by atoms with Crippen molar-refractivity contribution in [3.8, 4) is 56.4 Å². The van der Waals surface area contributed by atoms with Crippen LogP contribution in [0.3, 0.4) is 0 Å². The van der Waals surface area contributed by atoms with Crippen molar-refractivity contribution in [3.63, 3.8) is 0 Å². The molecule has 4 nitrogen and oxygen atoms in total. The van der Waals surface area contributed by atoms with Gasteiger partial charge < -0.3 is 4.57 Å². The van der Waals surface area contributed by atoms with Crippen molar-refractivity contribution in [1.29, 1.82) is 0 Å². The van der Waals surface area contributed by atoms with Gasteiger partial charge in [-0.1, -0.05) is 213 Å². The van der Waals surface area contributed by atoms with E-state index >= 15 is 0 Å². The van der Waals surface area contributed by atoms with Crippen molar-refractivity contribution in [2.24, 2.45) is 11.8 Å². The maximum atomic E-state index is 13.9. The predicted octanol–water partition coefficient (Wildman–Crippen LogP) is 16.2. The van der Waals surface area contributed by atoms with E-state index in [2.05, 4.69) is 188 Å². The van der Waals surface area contributed by atoms with E-state index in [9.17, 15) is 4.57 Å². The third-order valence-corrected chi connectivity index (χ3v) is 17.1. The minimum Gasteiger partial charge on any atom is -0.319 e. The van der Waals surface area contributed by atoms with Crippen LogP contribution in [0.25, 0.3) is 99.5 Å². The zero-order chi connectivity index (χ0) is 46.3. The molecular formula is C64H50N3OP. The zero-order valence-electron chi connectivity index (χ0n) is 38.8. The monoisotopic (exact) mass is 907 g/mol. The lowest BCUT2D eigenvalue weighted by atomic mass is 9.64. The highest BCUT2D eigenvalue weighted by atomic mass is 31.2. The van der Waals surface area contributed by atoms with Gasteiger partial charge in [0.2, 0.25) is 0 Å². The second kappa shape index (κ2) is 16.3. The lowest BCUT2D eigenvalue weighted by Crippen LogP contribution is -2.34. The molecule has 10 aromatic carbocycles. The second-order valence-corrected chi connectivity index (χ2v) is 22.9. The van der Waals surface area contributed by atoms with Crippen LogP contribution in [0, 0.1) is 11.8 Å². The van der Waals surface area contributed by atoms with E-state index < -0.39 is 7.14 Å². The summed E-state index contributed by atoms with van der Waals surface area (Å²) in [6.45, 7) is 3.80. The molecule has 2 saturated carbocycles. The largest absolute Gasteiger partial charge is 0.319 e. The van der Waals surface area contributed by atoms with E-state index in [0.717, 1.165) is 60.7 Å². The molecule has 0 spiro atoms. The maximum Gasteiger partial charge on any atom is 0.165 e. The molecule has 0 saturated heterocycles. The maximum absolute atomic E-state index is 13.9. The average Bonchev–Trinajstić information content (AvgIpc) is 4.03. The zero-order valence-corrected chi connectivity index (χ0v) is 39.7. The Morgan fingerprint density at radius 1 is 0.391 bits per heavy atom. The lowest BCUT2D eigenvalue weighted by molar-refractivity contribution is 0.320. The summed E-state index contributed by atoms with van der Waals surface area (Å²) < 4.78 is 13.9. The van der Waals surface area contributed by atoms with Crippen molar-refractivity contribution in [2.45, 2.75) is 31.1 Å². The normalized spacial score (nSPS) is 17.9. The predicted molar refractivity (Wildman–Crippen MR) is 289 cm³/mol. The van der Waals surface area contributed by atoms with Gasteiger partial charge in [-0.25, -0.2) is 15.0 Å². The van der Waals surface area contributed by atoms with E-state index in [1.807, 2.05) is 31.5 Å². The lowest BCUT2D eigenvalue weighted by Gasteiger charge is -2.39. The Hall–Kier alpha value is -7.52. The Morgan fingerprint density at radius 2 is 0.754 bits per heavy atom. The first-order valence-electron chi connectivity index (χ1n) is 24.3. The summed E-state index contributed by atoms with van der Waals surface area (Å²) in [6, 6.07) is 74.2. The molecule has 0 aliphatic heterocycles. The summed E-state index contributed by atoms with van der Waals surface area (Å²) in [5.41, 5.74) is 10.4. The Bertz CT molecular complexity index is 3730. The first-order valence-corrected chi connectivity index (χ1v) is 27.0. The Morgan fingerprint density at radius 3 is 1.19 bits per heavy atom. The van der Waals surface area contributed by atoms with Gasteiger partial charge in [-0.05, 0) is 121 Å². The molecule has 2 aliphatic carbocycles. The van der Waals surface area contributed by atoms with Crippen molar-refractivity contribution in [1.82, 2.24) is 15.0 Å². The molecular weight excluding hydrogens is 858 g/mol. The number of aromatic nitrogens is 3. The molecule has 0 amide bonds. The van der Waals surface area contributed by atoms with Gasteiger partial charge in [-0.3, -0.25) is 0 Å². The van der Waals surface area contributed by atoms with E-state index in [4.69, 9.17) is 15.0 Å². The van der Waals surface area contributed by atoms with Gasteiger partial charge >= 0.3 is 0 Å². The van der Waals surface area contributed by atoms with E-state index in [1.54, 1.807) is 0 Å². The molecule has 69 heavy (non-hydrogen) atoms. The fourth-order valence-electron chi connectivity index (χ4n) is 12.7. The number of hydrogen-bond acceptors (Lipinski definition) is 4. The van der Waals surface area contributed by atoms with Gasteiger partial charge in [0, 0.05) is 27.4 Å². The Kier molecular flexibility index (Phi) is 9.86. The van der Waals surface area contributed by atoms with E-state index in [1.165, 1.54) is 63.4 Å². The minimum absolute atomic E-state index is 0.0944. The standard InChI is InChI=1S/C64H50N3OP/c1-69(2,68)60-55-27-15-13-25-53(55)58(54-26-14-16-28-56(54)60)43-30-35-46(36-31-43)64(40-41-29-34-48(64)39-41)47-37-32-45(33-38-47)62-65-61(44-19-7-4-8-20-44)66-63(67-62)59-51-23-11-9-21-49(51)57(42-17-5-3-6-18-42)50-22-10-12-24-52(50)59/h3-28,30-33,35-38,41,48H,29,34,39-40H2,1-2H3. The number of rotatable bonds is 8. The van der Waals surface area contributed by atoms with Crippen LogP contribution in [0.4, 0.5) is 0 Å². The second-order valence-electron chi connectivity index (χ2n) is 19.8. The molecule has 11 aromatic rings. The SMILES string of the molecule is CP(C)(=O)c1c2ccccc2c(-c2ccc(C3(c4ccc(-c5nc(-c6ccccc6)nc(-c6c7ccccc7c(-c7ccccc7)c7ccccc67)n5)cc4)CC4CCC3C4)cc2)c2ccccc12. The molecule has 3 unspecified atom stereocenters. The van der Waals surface area contributed by atoms with Crippen molar-refractivity contribution in [3.05, 3.63) is 217 Å². The number of benzene rings is 10. The molecule has 3 atom stereocenters. The number of nitrogens with zero attached hydrogens (tertiary/aromatic N) is 3. The molecule has 0 N–H and O–H groups in total. The van der Waals surface area contributed by atoms with Gasteiger partial charge in [-0.15, -0.1) is 0 Å². The van der Waals surface area contributed by atoms with Gasteiger partial charge in [0.15, 0.2) is 17.5 Å². The molecule has 2 fully saturated rings. The quantitative estimate of drug-likeness (QED) is 0.113. The summed E-state index contributed by atoms with van der Waals surface area (Å²) >= 11 is 0. The Labute approximate surface area is 403 Å². The summed E-state index contributed by atoms with van der Waals surface area (Å²) in [5.74, 6) is 3.25. The van der Waals surface area contributed by atoms with E-state index in [-0.39, 0.29) is 5.41 Å². The fourth-order valence-corrected chi connectivity index (χ4v) is 14.2. The van der Waals surface area contributed by atoms with Crippen LogP contribution in [0.2, 0.25) is 0 Å². The van der Waals surface area contributed by atoms with Gasteiger partial charge in [0.1, 0.15) is 7.14 Å². The average molecular weight is 908 g/mol. The highest BCUT2D eigenvalue weighted by Gasteiger charge is 2.52. The third-order valence-electron chi connectivity index (χ3n) is 15.5. The molecule has 5 heteroatoms. The number of hydrogen-bond donors (Lipinski definition) is 0. The van der Waals surface area contributed by atoms with Crippen LogP contribution in [0.5, 0.6) is 0 Å². The molecule has 0 radical (unpaired) electrons. The van der Waals surface area contributed by atoms with Gasteiger partial charge in [-0.2, -0.15) is 0 Å². The smallest absolute Gasteiger partial charge is 0.165 e. The summed E-state index contributed by atoms with van der Waals surface area (Å²) in [7, 11) is -2.59. The first-order chi connectivity index (χ1) is 33.8. The Balaban J connectivity index is 0.939. The van der Waals surface area contributed by atoms with Gasteiger partial charge in [0.05, 0.1) is 0 Å². The number of fused-ring (bicyclic) bond motifs is 6. The highest BCUT2D eigenvalue weighted by Crippen LogP contribution is 2.60. The van der Waals surface area contributed by atoms with Crippen LogP contribution in [-0.4, -0.2) is 28.3 Å². The molecule has 1 heterocycles. The van der Waals surface area contributed by atoms with Gasteiger partial charge in [0.25, 0.3) is 0 Å². The van der Waals surface area contributed by atoms with Crippen molar-refractivity contribution < 1.29 is 4.57 Å². The molecule has 2 bridgehead atoms. The first kappa shape index (κ1) is 41.7. The summed E-state index contributed by atoms with van der Waals surface area (Å²) in [4.78, 5) is 15.9. The van der Waals surface area contributed by atoms with Crippen LogP contribution < -0.4 is 5.30 Å². The molecule has 2 aliphatic rings. The van der Waals surface area contributed by atoms with Crippen molar-refractivity contribution >= 4 is 55.5 Å². The van der Waals surface area contributed by atoms with Crippen LogP contribution in [0.1, 0.15) is 36.8 Å². The molecule has 13 rings (SSSR count). The van der Waals surface area contributed by atoms with Crippen LogP contribution in [0.15, 0.2) is 206 Å². The summed E-state index contributed by atoms with van der Waals surface area (Å²) in [5, 5.41) is 9.98. The van der Waals surface area contributed by atoms with Crippen LogP contribution >= 0.6 is 7.14 Å². The fraction of sp³-hybridized carbons (Fsp3) is 0.141. The molecule has 332 valence electrons. The third kappa shape index (κ3) is 6.79.